The van der Waals surface area contributed by atoms with Crippen molar-refractivity contribution in [3.63, 3.8) is 0 Å². The Kier molecular flexibility index (Phi) is 5.41. The van der Waals surface area contributed by atoms with Gasteiger partial charge in [-0.3, -0.25) is 4.90 Å². The molecule has 2 aliphatic rings. The lowest BCUT2D eigenvalue weighted by molar-refractivity contribution is -0.0711. The van der Waals surface area contributed by atoms with Gasteiger partial charge < -0.3 is 14.0 Å². The summed E-state index contributed by atoms with van der Waals surface area (Å²) < 4.78 is 30.6. The third kappa shape index (κ3) is 4.14. The van der Waals surface area contributed by atoms with Crippen molar-refractivity contribution in [2.45, 2.75) is 44.8 Å². The highest BCUT2D eigenvalue weighted by molar-refractivity contribution is 5.12. The molecule has 0 aliphatic carbocycles. The van der Waals surface area contributed by atoms with Crippen LogP contribution in [0.5, 0.6) is 5.88 Å². The first-order chi connectivity index (χ1) is 13.1. The minimum Gasteiger partial charge on any atom is -0.476 e. The van der Waals surface area contributed by atoms with Crippen molar-refractivity contribution in [3.05, 3.63) is 41.7 Å². The van der Waals surface area contributed by atoms with Crippen molar-refractivity contribution in [3.8, 4) is 5.88 Å². The van der Waals surface area contributed by atoms with Crippen molar-refractivity contribution < 1.29 is 18.4 Å². The van der Waals surface area contributed by atoms with Crippen LogP contribution in [0.15, 0.2) is 28.9 Å². The van der Waals surface area contributed by atoms with E-state index in [1.807, 2.05) is 13.0 Å². The maximum atomic E-state index is 13.6. The summed E-state index contributed by atoms with van der Waals surface area (Å²) in [6, 6.07) is 4.93. The van der Waals surface area contributed by atoms with E-state index in [1.165, 1.54) is 6.07 Å². The van der Waals surface area contributed by atoms with Crippen molar-refractivity contribution in [1.29, 1.82) is 0 Å². The molecule has 7 heteroatoms. The zero-order valence-electron chi connectivity index (χ0n) is 15.7. The molecule has 2 fully saturated rings. The predicted octanol–water partition coefficient (Wildman–Crippen LogP) is 3.36. The Balaban J connectivity index is 1.28. The molecule has 0 aromatic carbocycles. The maximum Gasteiger partial charge on any atom is 0.250 e. The van der Waals surface area contributed by atoms with Gasteiger partial charge in [0, 0.05) is 38.5 Å². The van der Waals surface area contributed by atoms with E-state index in [2.05, 4.69) is 15.0 Å². The van der Waals surface area contributed by atoms with Gasteiger partial charge in [-0.05, 0) is 50.7 Å². The fraction of sp³-hybridized carbons (Fsp3) is 0.600. The molecule has 2 saturated heterocycles. The second-order valence-corrected chi connectivity index (χ2v) is 7.53. The molecular weight excluding hydrogens is 349 g/mol. The van der Waals surface area contributed by atoms with E-state index in [1.54, 1.807) is 12.3 Å². The molecular formula is C20H26FN3O3. The van der Waals surface area contributed by atoms with Gasteiger partial charge in [0.2, 0.25) is 5.88 Å². The molecule has 0 N–H and O–H groups in total. The molecule has 0 bridgehead atoms. The van der Waals surface area contributed by atoms with Crippen LogP contribution in [0, 0.1) is 18.7 Å². The normalized spacial score (nSPS) is 22.4. The third-order valence-electron chi connectivity index (χ3n) is 5.79. The number of rotatable bonds is 6. The Morgan fingerprint density at radius 3 is 2.96 bits per heavy atom. The second-order valence-electron chi connectivity index (χ2n) is 7.53. The van der Waals surface area contributed by atoms with Crippen LogP contribution in [0.4, 0.5) is 4.39 Å². The minimum absolute atomic E-state index is 0.0672. The van der Waals surface area contributed by atoms with Crippen LogP contribution < -0.4 is 4.74 Å². The molecule has 0 unspecified atom stereocenters. The van der Waals surface area contributed by atoms with Crippen LogP contribution in [-0.4, -0.2) is 46.9 Å². The van der Waals surface area contributed by atoms with Gasteiger partial charge in [-0.15, -0.1) is 0 Å². The van der Waals surface area contributed by atoms with Crippen LogP contribution in [0.25, 0.3) is 0 Å². The first-order valence-electron chi connectivity index (χ1n) is 9.66. The van der Waals surface area contributed by atoms with Crippen molar-refractivity contribution in [1.82, 2.24) is 15.0 Å². The largest absolute Gasteiger partial charge is 0.476 e. The molecule has 6 nitrogen and oxygen atoms in total. The van der Waals surface area contributed by atoms with E-state index in [4.69, 9.17) is 14.0 Å². The molecule has 2 aliphatic heterocycles. The molecule has 0 amide bonds. The van der Waals surface area contributed by atoms with Crippen molar-refractivity contribution in [2.75, 3.05) is 26.3 Å². The summed E-state index contributed by atoms with van der Waals surface area (Å²) in [5, 5.41) is 4.09. The Bertz CT molecular complexity index is 758. The summed E-state index contributed by atoms with van der Waals surface area (Å²) in [5.74, 6) is 0.970. The fourth-order valence-corrected chi connectivity index (χ4v) is 4.33. The molecule has 2 aromatic heterocycles. The molecule has 146 valence electrons. The van der Waals surface area contributed by atoms with E-state index in [9.17, 15) is 4.39 Å². The number of nitrogens with zero attached hydrogens (tertiary/aromatic N) is 3. The SMILES string of the molecule is Cc1cc(CN2CCC3(CC2)OCC[C@H]3CCOc2ncccc2F)no1. The predicted molar refractivity (Wildman–Crippen MR) is 96.8 cm³/mol. The zero-order chi connectivity index (χ0) is 18.7. The molecule has 1 spiro atoms. The highest BCUT2D eigenvalue weighted by atomic mass is 19.1. The standard InChI is InChI=1S/C20H26FN3O3/c1-15-13-17(23-27-15)14-24-9-6-20(7-10-24)16(5-12-26-20)4-11-25-19-18(21)3-2-8-22-19/h2-3,8,13,16H,4-7,9-12,14H2,1H3/t16-/m1/s1. The average molecular weight is 375 g/mol. The van der Waals surface area contributed by atoms with Gasteiger partial charge in [0.15, 0.2) is 5.82 Å². The Hall–Kier alpha value is -1.99. The number of halogens is 1. The number of hydrogen-bond acceptors (Lipinski definition) is 6. The monoisotopic (exact) mass is 375 g/mol. The van der Waals surface area contributed by atoms with Gasteiger partial charge in [-0.1, -0.05) is 5.16 Å². The van der Waals surface area contributed by atoms with Gasteiger partial charge in [-0.2, -0.15) is 0 Å². The van der Waals surface area contributed by atoms with Gasteiger partial charge in [0.05, 0.1) is 17.9 Å². The number of aromatic nitrogens is 2. The first kappa shape index (κ1) is 18.4. The average Bonchev–Trinajstić information content (AvgIpc) is 3.25. The number of ether oxygens (including phenoxy) is 2. The minimum atomic E-state index is -0.411. The summed E-state index contributed by atoms with van der Waals surface area (Å²) in [6.45, 7) is 5.96. The third-order valence-corrected chi connectivity index (χ3v) is 5.79. The van der Waals surface area contributed by atoms with Crippen LogP contribution in [0.3, 0.4) is 0 Å². The topological polar surface area (TPSA) is 60.6 Å². The van der Waals surface area contributed by atoms with Gasteiger partial charge in [-0.25, -0.2) is 9.37 Å². The molecule has 4 heterocycles. The van der Waals surface area contributed by atoms with Gasteiger partial charge in [0.1, 0.15) is 5.76 Å². The quantitative estimate of drug-likeness (QED) is 0.772. The summed E-state index contributed by atoms with van der Waals surface area (Å²) >= 11 is 0. The highest BCUT2D eigenvalue weighted by Crippen LogP contribution is 2.42. The van der Waals surface area contributed by atoms with Crippen molar-refractivity contribution >= 4 is 0 Å². The summed E-state index contributed by atoms with van der Waals surface area (Å²) in [6.07, 6.45) is 5.46. The first-order valence-corrected chi connectivity index (χ1v) is 9.66. The zero-order valence-corrected chi connectivity index (χ0v) is 15.7. The van der Waals surface area contributed by atoms with Crippen molar-refractivity contribution in [2.24, 2.45) is 5.92 Å². The lowest BCUT2D eigenvalue weighted by Crippen LogP contribution is -2.47. The van der Waals surface area contributed by atoms with Crippen LogP contribution in [0.2, 0.25) is 0 Å². The van der Waals surface area contributed by atoms with E-state index in [-0.39, 0.29) is 11.5 Å². The molecule has 0 radical (unpaired) electrons. The number of piperidine rings is 1. The smallest absolute Gasteiger partial charge is 0.250 e. The summed E-state index contributed by atoms with van der Waals surface area (Å²) in [5.41, 5.74) is 0.917. The van der Waals surface area contributed by atoms with E-state index in [0.717, 1.165) is 63.4 Å². The summed E-state index contributed by atoms with van der Waals surface area (Å²) in [7, 11) is 0. The van der Waals surface area contributed by atoms with Crippen LogP contribution in [-0.2, 0) is 11.3 Å². The Morgan fingerprint density at radius 1 is 1.37 bits per heavy atom. The number of aryl methyl sites for hydroxylation is 1. The molecule has 0 saturated carbocycles. The lowest BCUT2D eigenvalue weighted by Gasteiger charge is -2.42. The van der Waals surface area contributed by atoms with E-state index >= 15 is 0 Å². The lowest BCUT2D eigenvalue weighted by atomic mass is 9.78. The van der Waals surface area contributed by atoms with Crippen LogP contribution in [0.1, 0.15) is 37.1 Å². The molecule has 1 atom stereocenters. The summed E-state index contributed by atoms with van der Waals surface area (Å²) in [4.78, 5) is 6.35. The van der Waals surface area contributed by atoms with E-state index < -0.39 is 5.82 Å². The van der Waals surface area contributed by atoms with Gasteiger partial charge >= 0.3 is 0 Å². The molecule has 27 heavy (non-hydrogen) atoms. The number of likely N-dealkylation sites (tertiary alicyclic amines) is 1. The second kappa shape index (κ2) is 7.94. The van der Waals surface area contributed by atoms with Gasteiger partial charge in [0.25, 0.3) is 0 Å². The Labute approximate surface area is 158 Å². The van der Waals surface area contributed by atoms with Crippen LogP contribution >= 0.6 is 0 Å². The van der Waals surface area contributed by atoms with E-state index in [0.29, 0.717) is 12.5 Å². The maximum absolute atomic E-state index is 13.6. The molecule has 2 aromatic rings. The molecule has 4 rings (SSSR count). The fourth-order valence-electron chi connectivity index (χ4n) is 4.33. The Morgan fingerprint density at radius 2 is 2.22 bits per heavy atom. The highest BCUT2D eigenvalue weighted by Gasteiger charge is 2.45. The number of pyridine rings is 1. The number of hydrogen-bond donors (Lipinski definition) is 0.